The second-order valence-corrected chi connectivity index (χ2v) is 10.4. The summed E-state index contributed by atoms with van der Waals surface area (Å²) >= 11 is 0. The molecule has 0 aliphatic rings. The van der Waals surface area contributed by atoms with Gasteiger partial charge < -0.3 is 30.2 Å². The van der Waals surface area contributed by atoms with Crippen LogP contribution in [-0.2, 0) is 9.13 Å². The minimum absolute atomic E-state index is 0.0752. The predicted octanol–water partition coefficient (Wildman–Crippen LogP) is 0.739. The molecule has 0 bridgehead atoms. The topological polar surface area (TPSA) is 199 Å². The van der Waals surface area contributed by atoms with Crippen molar-refractivity contribution in [2.75, 3.05) is 25.4 Å². The van der Waals surface area contributed by atoms with Crippen LogP contribution in [0.15, 0.2) is 36.4 Å². The van der Waals surface area contributed by atoms with Crippen molar-refractivity contribution in [1.82, 2.24) is 20.6 Å². The summed E-state index contributed by atoms with van der Waals surface area (Å²) in [6, 6.07) is 9.33. The highest BCUT2D eigenvalue weighted by Crippen LogP contribution is 2.35. The molecule has 2 aromatic rings. The second-order valence-electron chi connectivity index (χ2n) is 6.81. The van der Waals surface area contributed by atoms with Gasteiger partial charge in [0.25, 0.3) is 11.8 Å². The Morgan fingerprint density at radius 1 is 0.719 bits per heavy atom. The number of pyridine rings is 2. The summed E-state index contributed by atoms with van der Waals surface area (Å²) in [6.07, 6.45) is -0.442. The monoisotopic (exact) mass is 486 g/mol. The van der Waals surface area contributed by atoms with Crippen LogP contribution in [0.3, 0.4) is 0 Å². The van der Waals surface area contributed by atoms with E-state index < -0.39 is 27.0 Å². The molecule has 0 unspecified atom stereocenters. The van der Waals surface area contributed by atoms with E-state index in [0.717, 1.165) is 0 Å². The second kappa shape index (κ2) is 11.4. The lowest BCUT2D eigenvalue weighted by atomic mass is 10.2. The fraction of sp³-hybridized carbons (Fsp3) is 0.333. The number of rotatable bonds is 11. The molecule has 2 rings (SSSR count). The van der Waals surface area contributed by atoms with Gasteiger partial charge in [-0.3, -0.25) is 18.7 Å². The molecule has 0 atom stereocenters. The number of hydrogen-bond donors (Lipinski definition) is 6. The first-order chi connectivity index (χ1) is 14.9. The molecule has 0 saturated heterocycles. The van der Waals surface area contributed by atoms with E-state index in [9.17, 15) is 18.7 Å². The molecule has 2 heterocycles. The summed E-state index contributed by atoms with van der Waals surface area (Å²) in [5.74, 6) is -1.03. The first-order valence-corrected chi connectivity index (χ1v) is 13.1. The fourth-order valence-electron chi connectivity index (χ4n) is 2.56. The lowest BCUT2D eigenvalue weighted by Gasteiger charge is -2.08. The molecule has 174 valence electrons. The Kier molecular flexibility index (Phi) is 9.21. The van der Waals surface area contributed by atoms with E-state index in [-0.39, 0.29) is 49.6 Å². The maximum Gasteiger partial charge on any atom is 0.325 e. The van der Waals surface area contributed by atoms with Crippen LogP contribution in [0, 0.1) is 0 Å². The predicted molar refractivity (Wildman–Crippen MR) is 115 cm³/mol. The average Bonchev–Trinajstić information content (AvgIpc) is 2.73. The van der Waals surface area contributed by atoms with Crippen molar-refractivity contribution >= 4 is 27.0 Å². The summed E-state index contributed by atoms with van der Waals surface area (Å²) in [4.78, 5) is 68.3. The van der Waals surface area contributed by atoms with Crippen molar-refractivity contribution in [3.8, 4) is 11.4 Å². The van der Waals surface area contributed by atoms with Gasteiger partial charge in [-0.15, -0.1) is 0 Å². The van der Waals surface area contributed by atoms with Gasteiger partial charge in [-0.05, 0) is 37.1 Å². The van der Waals surface area contributed by atoms with Crippen LogP contribution in [0.4, 0.5) is 0 Å². The largest absolute Gasteiger partial charge is 0.351 e. The molecule has 0 saturated carbocycles. The highest BCUT2D eigenvalue weighted by Gasteiger charge is 2.15. The normalized spacial score (nSPS) is 11.8. The number of carbonyl (C=O) groups excluding carboxylic acids is 2. The zero-order valence-electron chi connectivity index (χ0n) is 16.9. The van der Waals surface area contributed by atoms with Crippen molar-refractivity contribution in [2.45, 2.75) is 12.8 Å². The van der Waals surface area contributed by atoms with Crippen LogP contribution < -0.4 is 10.6 Å². The number of amides is 2. The molecule has 2 amide bonds. The van der Waals surface area contributed by atoms with Crippen molar-refractivity contribution in [2.24, 2.45) is 0 Å². The molecule has 2 aromatic heterocycles. The zero-order valence-corrected chi connectivity index (χ0v) is 18.7. The summed E-state index contributed by atoms with van der Waals surface area (Å²) in [5.41, 5.74) is 0.827. The first-order valence-electron chi connectivity index (χ1n) is 9.55. The molecule has 0 radical (unpaired) electrons. The van der Waals surface area contributed by atoms with Crippen LogP contribution in [0.2, 0.25) is 0 Å². The summed E-state index contributed by atoms with van der Waals surface area (Å²) in [6.45, 7) is 0.150. The zero-order chi connectivity index (χ0) is 23.8. The minimum atomic E-state index is -4.12. The number of carbonyl (C=O) groups is 2. The van der Waals surface area contributed by atoms with Gasteiger partial charge in [-0.25, -0.2) is 9.97 Å². The lowest BCUT2D eigenvalue weighted by Crippen LogP contribution is -2.26. The standard InChI is InChI=1S/C18H24N4O8P2/c23-17(19-9-3-11-31(25,26)27)15-7-1-5-13(21-15)14-6-2-8-16(22-14)18(24)20-10-4-12-32(28,29)30/h1-2,5-8H,3-4,9-12H2,(H,19,23)(H,20,24)(H2,25,26,27)(H2,28,29,30). The van der Waals surface area contributed by atoms with Crippen LogP contribution in [0.5, 0.6) is 0 Å². The molecule has 6 N–H and O–H groups in total. The van der Waals surface area contributed by atoms with E-state index in [2.05, 4.69) is 20.6 Å². The highest BCUT2D eigenvalue weighted by molar-refractivity contribution is 7.52. The van der Waals surface area contributed by atoms with Crippen LogP contribution in [-0.4, -0.2) is 66.8 Å². The molecule has 12 nitrogen and oxygen atoms in total. The van der Waals surface area contributed by atoms with Crippen molar-refractivity contribution in [3.05, 3.63) is 47.8 Å². The summed E-state index contributed by atoms with van der Waals surface area (Å²) < 4.78 is 21.7. The highest BCUT2D eigenvalue weighted by atomic mass is 31.2. The van der Waals surface area contributed by atoms with Gasteiger partial charge in [0.05, 0.1) is 23.7 Å². The molecule has 0 aromatic carbocycles. The Morgan fingerprint density at radius 3 is 1.44 bits per heavy atom. The van der Waals surface area contributed by atoms with Gasteiger partial charge in [0.15, 0.2) is 0 Å². The maximum absolute atomic E-state index is 12.2. The molecule has 32 heavy (non-hydrogen) atoms. The molecule has 0 aliphatic carbocycles. The number of hydrogen-bond acceptors (Lipinski definition) is 6. The van der Waals surface area contributed by atoms with Crippen LogP contribution in [0.25, 0.3) is 11.4 Å². The van der Waals surface area contributed by atoms with E-state index in [0.29, 0.717) is 11.4 Å². The van der Waals surface area contributed by atoms with Crippen LogP contribution in [0.1, 0.15) is 33.8 Å². The van der Waals surface area contributed by atoms with Gasteiger partial charge in [0.2, 0.25) is 0 Å². The quantitative estimate of drug-likeness (QED) is 0.194. The molecule has 0 aliphatic heterocycles. The average molecular weight is 486 g/mol. The van der Waals surface area contributed by atoms with Gasteiger partial charge in [0, 0.05) is 13.1 Å². The maximum atomic E-state index is 12.2. The Bertz CT molecular complexity index is 969. The molecule has 0 fully saturated rings. The van der Waals surface area contributed by atoms with E-state index in [1.807, 2.05) is 0 Å². The van der Waals surface area contributed by atoms with Gasteiger partial charge in [-0.1, -0.05) is 12.1 Å². The van der Waals surface area contributed by atoms with E-state index in [1.165, 1.54) is 12.1 Å². The van der Waals surface area contributed by atoms with E-state index in [4.69, 9.17) is 19.6 Å². The smallest absolute Gasteiger partial charge is 0.325 e. The van der Waals surface area contributed by atoms with Crippen molar-refractivity contribution in [3.63, 3.8) is 0 Å². The Hall–Kier alpha value is -2.46. The summed E-state index contributed by atoms with van der Waals surface area (Å²) in [5, 5.41) is 5.07. The molecule has 0 spiro atoms. The fourth-order valence-corrected chi connectivity index (χ4v) is 3.70. The third-order valence-corrected chi connectivity index (χ3v) is 5.85. The Labute approximate surface area is 183 Å². The van der Waals surface area contributed by atoms with Gasteiger partial charge in [0.1, 0.15) is 11.4 Å². The van der Waals surface area contributed by atoms with Gasteiger partial charge >= 0.3 is 15.2 Å². The number of nitrogens with one attached hydrogen (secondary N) is 2. The van der Waals surface area contributed by atoms with Gasteiger partial charge in [-0.2, -0.15) is 0 Å². The minimum Gasteiger partial charge on any atom is -0.351 e. The summed E-state index contributed by atoms with van der Waals surface area (Å²) in [7, 11) is -8.24. The van der Waals surface area contributed by atoms with Crippen molar-refractivity contribution in [1.29, 1.82) is 0 Å². The van der Waals surface area contributed by atoms with Crippen LogP contribution >= 0.6 is 15.2 Å². The molecular formula is C18H24N4O8P2. The SMILES string of the molecule is O=C(NCCCP(=O)(O)O)c1cccc(-c2cccc(C(=O)NCCCP(=O)(O)O)n2)n1. The van der Waals surface area contributed by atoms with E-state index >= 15 is 0 Å². The van der Waals surface area contributed by atoms with E-state index in [1.54, 1.807) is 24.3 Å². The lowest BCUT2D eigenvalue weighted by molar-refractivity contribution is 0.0940. The third-order valence-electron chi connectivity index (χ3n) is 4.05. The number of nitrogens with zero attached hydrogens (tertiary/aromatic N) is 2. The Balaban J connectivity index is 2.00. The first kappa shape index (κ1) is 25.8. The van der Waals surface area contributed by atoms with Crippen molar-refractivity contribution < 1.29 is 38.3 Å². The molecular weight excluding hydrogens is 462 g/mol. The third kappa shape index (κ3) is 9.35. The Morgan fingerprint density at radius 2 is 1.09 bits per heavy atom. The number of aromatic nitrogens is 2. The molecule has 14 heteroatoms.